The second-order valence-electron chi connectivity index (χ2n) is 9.08. The zero-order valence-corrected chi connectivity index (χ0v) is 19.8. The van der Waals surface area contributed by atoms with E-state index in [9.17, 15) is 22.4 Å². The van der Waals surface area contributed by atoms with E-state index in [1.807, 2.05) is 4.90 Å². The molecule has 1 amide bonds. The van der Waals surface area contributed by atoms with Crippen molar-refractivity contribution in [2.24, 2.45) is 0 Å². The molecule has 0 aliphatic carbocycles. The summed E-state index contributed by atoms with van der Waals surface area (Å²) >= 11 is 0. The number of ether oxygens (including phenoxy) is 2. The molecule has 3 aromatic rings. The van der Waals surface area contributed by atoms with Gasteiger partial charge in [-0.1, -0.05) is 0 Å². The van der Waals surface area contributed by atoms with Crippen molar-refractivity contribution in [1.82, 2.24) is 29.8 Å². The molecule has 0 aromatic carbocycles. The highest BCUT2D eigenvalue weighted by atomic mass is 19.4. The van der Waals surface area contributed by atoms with Crippen LogP contribution in [-0.2, 0) is 10.9 Å². The van der Waals surface area contributed by atoms with Gasteiger partial charge < -0.3 is 20.5 Å². The number of methoxy groups -OCH3 is 1. The van der Waals surface area contributed by atoms with E-state index in [1.54, 1.807) is 0 Å². The van der Waals surface area contributed by atoms with Crippen molar-refractivity contribution in [1.29, 1.82) is 0 Å². The maximum Gasteiger partial charge on any atom is 0.418 e. The van der Waals surface area contributed by atoms with Crippen LogP contribution in [0.1, 0.15) is 28.8 Å². The van der Waals surface area contributed by atoms with E-state index in [2.05, 4.69) is 20.4 Å². The first-order valence-corrected chi connectivity index (χ1v) is 11.7. The minimum Gasteiger partial charge on any atom is -0.480 e. The fraction of sp³-hybridized carbons (Fsp3) is 0.478. The van der Waals surface area contributed by atoms with E-state index < -0.39 is 35.4 Å². The molecule has 2 aliphatic rings. The van der Waals surface area contributed by atoms with Gasteiger partial charge >= 0.3 is 6.18 Å². The number of nitrogens with one attached hydrogen (secondary N) is 1. The molecule has 0 saturated carbocycles. The van der Waals surface area contributed by atoms with Crippen LogP contribution in [0.15, 0.2) is 24.7 Å². The third-order valence-electron chi connectivity index (χ3n) is 6.60. The van der Waals surface area contributed by atoms with Crippen LogP contribution in [-0.4, -0.2) is 82.1 Å². The average Bonchev–Trinajstić information content (AvgIpc) is 3.58. The number of amides is 1. The van der Waals surface area contributed by atoms with Gasteiger partial charge in [-0.05, 0) is 25.0 Å². The lowest BCUT2D eigenvalue weighted by Gasteiger charge is -2.20. The fourth-order valence-corrected chi connectivity index (χ4v) is 4.86. The molecule has 37 heavy (non-hydrogen) atoms. The third kappa shape index (κ3) is 4.90. The van der Waals surface area contributed by atoms with E-state index in [0.717, 1.165) is 29.8 Å². The molecule has 2 aliphatic heterocycles. The van der Waals surface area contributed by atoms with Crippen molar-refractivity contribution in [3.63, 3.8) is 0 Å². The summed E-state index contributed by atoms with van der Waals surface area (Å²) in [5, 5.41) is 6.59. The van der Waals surface area contributed by atoms with E-state index in [1.165, 1.54) is 19.4 Å². The van der Waals surface area contributed by atoms with Gasteiger partial charge in [0, 0.05) is 38.0 Å². The summed E-state index contributed by atoms with van der Waals surface area (Å²) in [6.07, 6.45) is -1.79. The SMILES string of the molecule is COc1ncc(-c2cc(C(F)(F)F)c3c(N)ncnn23)cc1C(=O)NC1CN(CC2CCCO2)CC1F. The van der Waals surface area contributed by atoms with Gasteiger partial charge in [-0.25, -0.2) is 18.9 Å². The smallest absolute Gasteiger partial charge is 0.418 e. The van der Waals surface area contributed by atoms with Gasteiger partial charge in [-0.15, -0.1) is 0 Å². The highest BCUT2D eigenvalue weighted by molar-refractivity contribution is 5.98. The number of nitrogens with zero attached hydrogens (tertiary/aromatic N) is 5. The highest BCUT2D eigenvalue weighted by Gasteiger charge is 2.38. The van der Waals surface area contributed by atoms with E-state index in [-0.39, 0.29) is 41.2 Å². The number of fused-ring (bicyclic) bond motifs is 1. The Morgan fingerprint density at radius 2 is 2.11 bits per heavy atom. The zero-order valence-electron chi connectivity index (χ0n) is 19.8. The number of nitrogens with two attached hydrogens (primary N) is 1. The Bertz CT molecular complexity index is 1310. The Hall–Kier alpha value is -3.52. The minimum atomic E-state index is -4.73. The number of anilines is 1. The molecule has 3 N–H and O–H groups in total. The number of aromatic nitrogens is 4. The summed E-state index contributed by atoms with van der Waals surface area (Å²) in [5.41, 5.74) is 4.36. The van der Waals surface area contributed by atoms with Crippen LogP contribution in [0.25, 0.3) is 16.8 Å². The molecule has 10 nitrogen and oxygen atoms in total. The number of nitrogen functional groups attached to an aromatic ring is 1. The molecule has 3 unspecified atom stereocenters. The highest BCUT2D eigenvalue weighted by Crippen LogP contribution is 2.39. The Kier molecular flexibility index (Phi) is 6.62. The first-order chi connectivity index (χ1) is 17.7. The van der Waals surface area contributed by atoms with Gasteiger partial charge in [0.1, 0.15) is 23.6 Å². The fourth-order valence-electron chi connectivity index (χ4n) is 4.86. The maximum absolute atomic E-state index is 14.8. The largest absolute Gasteiger partial charge is 0.480 e. The van der Waals surface area contributed by atoms with Crippen LogP contribution in [0.5, 0.6) is 5.88 Å². The monoisotopic (exact) mass is 523 g/mol. The number of pyridine rings is 1. The number of halogens is 4. The van der Waals surface area contributed by atoms with E-state index >= 15 is 0 Å². The number of alkyl halides is 4. The normalized spacial score (nSPS) is 22.6. The third-order valence-corrected chi connectivity index (χ3v) is 6.60. The van der Waals surface area contributed by atoms with Crippen LogP contribution in [0, 0.1) is 0 Å². The molecule has 5 heterocycles. The standard InChI is InChI=1S/C23H25F4N7O3/c1-36-22-14(21(35)32-17-10-33(9-16(17)24)8-13-3-2-4-37-13)5-12(7-29-22)18-6-15(23(25,26)27)19-20(28)30-11-31-34(18)19/h5-7,11,13,16-17H,2-4,8-10H2,1H3,(H,32,35)(H2,28,30,31). The molecular weight excluding hydrogens is 498 g/mol. The van der Waals surface area contributed by atoms with Crippen LogP contribution in [0.4, 0.5) is 23.4 Å². The van der Waals surface area contributed by atoms with Crippen molar-refractivity contribution in [3.05, 3.63) is 35.8 Å². The summed E-state index contributed by atoms with van der Waals surface area (Å²) in [5.74, 6) is -1.07. The number of carbonyl (C=O) groups is 1. The number of hydrogen-bond donors (Lipinski definition) is 2. The lowest BCUT2D eigenvalue weighted by molar-refractivity contribution is -0.136. The molecule has 198 valence electrons. The molecule has 3 aromatic heterocycles. The summed E-state index contributed by atoms with van der Waals surface area (Å²) in [7, 11) is 1.30. The van der Waals surface area contributed by atoms with Crippen molar-refractivity contribution in [3.8, 4) is 17.1 Å². The van der Waals surface area contributed by atoms with Crippen LogP contribution in [0.3, 0.4) is 0 Å². The second kappa shape index (κ2) is 9.74. The summed E-state index contributed by atoms with van der Waals surface area (Å²) in [6.45, 7) is 1.75. The number of rotatable bonds is 6. The lowest BCUT2D eigenvalue weighted by atomic mass is 10.1. The van der Waals surface area contributed by atoms with Gasteiger partial charge in [0.25, 0.3) is 5.91 Å². The predicted molar refractivity (Wildman–Crippen MR) is 124 cm³/mol. The van der Waals surface area contributed by atoms with Crippen LogP contribution >= 0.6 is 0 Å². The van der Waals surface area contributed by atoms with Crippen molar-refractivity contribution in [2.75, 3.05) is 39.1 Å². The molecule has 3 atom stereocenters. The Morgan fingerprint density at radius 3 is 2.81 bits per heavy atom. The van der Waals surface area contributed by atoms with Crippen molar-refractivity contribution in [2.45, 2.75) is 37.3 Å². The van der Waals surface area contributed by atoms with Gasteiger partial charge in [0.05, 0.1) is 30.5 Å². The Balaban J connectivity index is 1.43. The van der Waals surface area contributed by atoms with E-state index in [4.69, 9.17) is 15.2 Å². The van der Waals surface area contributed by atoms with Crippen LogP contribution < -0.4 is 15.8 Å². The van der Waals surface area contributed by atoms with Gasteiger partial charge in [0.2, 0.25) is 5.88 Å². The first-order valence-electron chi connectivity index (χ1n) is 11.7. The van der Waals surface area contributed by atoms with Crippen LogP contribution in [0.2, 0.25) is 0 Å². The molecule has 2 fully saturated rings. The van der Waals surface area contributed by atoms with Gasteiger partial charge in [-0.3, -0.25) is 9.69 Å². The minimum absolute atomic E-state index is 0.00685. The van der Waals surface area contributed by atoms with Crippen molar-refractivity contribution < 1.29 is 31.8 Å². The molecular formula is C23H25F4N7O3. The first kappa shape index (κ1) is 25.1. The molecule has 2 saturated heterocycles. The molecule has 5 rings (SSSR count). The van der Waals surface area contributed by atoms with Gasteiger partial charge in [-0.2, -0.15) is 18.3 Å². The Labute approximate surface area is 208 Å². The molecule has 0 radical (unpaired) electrons. The zero-order chi connectivity index (χ0) is 26.3. The second-order valence-corrected chi connectivity index (χ2v) is 9.08. The number of hydrogen-bond acceptors (Lipinski definition) is 8. The van der Waals surface area contributed by atoms with Gasteiger partial charge in [0.15, 0.2) is 5.82 Å². The predicted octanol–water partition coefficient (Wildman–Crippen LogP) is 2.33. The Morgan fingerprint density at radius 1 is 1.30 bits per heavy atom. The number of carbonyl (C=O) groups excluding carboxylic acids is 1. The van der Waals surface area contributed by atoms with Crippen molar-refractivity contribution >= 4 is 17.2 Å². The quantitative estimate of drug-likeness (QED) is 0.473. The van der Waals surface area contributed by atoms with E-state index in [0.29, 0.717) is 19.7 Å². The molecule has 0 bridgehead atoms. The average molecular weight is 523 g/mol. The summed E-state index contributed by atoms with van der Waals surface area (Å²) < 4.78 is 67.7. The molecule has 0 spiro atoms. The topological polar surface area (TPSA) is 120 Å². The summed E-state index contributed by atoms with van der Waals surface area (Å²) in [6, 6.07) is 1.41. The number of likely N-dealkylation sites (tertiary alicyclic amines) is 1. The molecule has 14 heteroatoms. The summed E-state index contributed by atoms with van der Waals surface area (Å²) in [4.78, 5) is 22.8. The maximum atomic E-state index is 14.8. The lowest BCUT2D eigenvalue weighted by Crippen LogP contribution is -2.42.